The van der Waals surface area contributed by atoms with Crippen LogP contribution in [0.5, 0.6) is 11.8 Å². The first-order valence-corrected chi connectivity index (χ1v) is 10.1. The summed E-state index contributed by atoms with van der Waals surface area (Å²) >= 11 is 0. The van der Waals surface area contributed by atoms with Gasteiger partial charge in [0.05, 0.1) is 12.7 Å². The highest BCUT2D eigenvalue weighted by Crippen LogP contribution is 2.21. The first kappa shape index (κ1) is 23.8. The molecule has 0 fully saturated rings. The predicted molar refractivity (Wildman–Crippen MR) is 115 cm³/mol. The summed E-state index contributed by atoms with van der Waals surface area (Å²) in [5.74, 6) is -0.0557. The zero-order valence-corrected chi connectivity index (χ0v) is 18.6. The average molecular weight is 431 g/mol. The van der Waals surface area contributed by atoms with Crippen molar-refractivity contribution >= 4 is 23.8 Å². The Labute approximate surface area is 181 Å². The van der Waals surface area contributed by atoms with Crippen LogP contribution in [0.15, 0.2) is 24.3 Å². The van der Waals surface area contributed by atoms with E-state index >= 15 is 0 Å². The van der Waals surface area contributed by atoms with Crippen LogP contribution in [0.1, 0.15) is 51.4 Å². The molecule has 31 heavy (non-hydrogen) atoms. The Hall–Kier alpha value is -3.43. The number of ether oxygens (including phenoxy) is 3. The molecule has 10 nitrogen and oxygen atoms in total. The Kier molecular flexibility index (Phi) is 8.53. The Morgan fingerprint density at radius 2 is 1.58 bits per heavy atom. The zero-order valence-electron chi connectivity index (χ0n) is 18.6. The summed E-state index contributed by atoms with van der Waals surface area (Å²) < 4.78 is 15.4. The van der Waals surface area contributed by atoms with Crippen LogP contribution in [0.2, 0.25) is 0 Å². The average Bonchev–Trinajstić information content (AvgIpc) is 2.72. The van der Waals surface area contributed by atoms with E-state index in [1.807, 2.05) is 20.8 Å². The fraction of sp³-hybridized carbons (Fsp3) is 0.476. The van der Waals surface area contributed by atoms with Gasteiger partial charge in [-0.05, 0) is 58.4 Å². The molecule has 0 saturated carbocycles. The largest absolute Gasteiger partial charge is 0.466 e. The summed E-state index contributed by atoms with van der Waals surface area (Å²) in [6.45, 7) is 9.48. The second-order valence-electron chi connectivity index (χ2n) is 7.22. The lowest BCUT2D eigenvalue weighted by Gasteiger charge is -2.15. The van der Waals surface area contributed by atoms with Gasteiger partial charge in [0.15, 0.2) is 6.10 Å². The Balaban J connectivity index is 2.14. The van der Waals surface area contributed by atoms with Crippen LogP contribution < -0.4 is 15.4 Å². The van der Waals surface area contributed by atoms with Crippen molar-refractivity contribution in [3.05, 3.63) is 29.8 Å². The van der Waals surface area contributed by atoms with E-state index in [-0.39, 0.29) is 23.7 Å². The van der Waals surface area contributed by atoms with Gasteiger partial charge in [0.25, 0.3) is 0 Å². The van der Waals surface area contributed by atoms with Crippen molar-refractivity contribution in [2.75, 3.05) is 17.7 Å². The van der Waals surface area contributed by atoms with Crippen molar-refractivity contribution in [1.29, 1.82) is 0 Å². The molecule has 2 atom stereocenters. The number of nitrogens with one attached hydrogen (secondary N) is 2. The molecular weight excluding hydrogens is 402 g/mol. The van der Waals surface area contributed by atoms with Crippen LogP contribution in [0.25, 0.3) is 0 Å². The van der Waals surface area contributed by atoms with Crippen molar-refractivity contribution < 1.29 is 23.8 Å². The number of benzene rings is 1. The zero-order chi connectivity index (χ0) is 23.0. The number of carbonyl (C=O) groups excluding carboxylic acids is 2. The lowest BCUT2D eigenvalue weighted by atomic mass is 10.2. The molecule has 2 aromatic rings. The maximum atomic E-state index is 12.1. The SMILES string of the molecule is CC[C@@H](C)Nc1nc(NC(C)C)nc(Oc2ccc(C(=O)O[C@H](C)C(=O)OC)cc2)n1. The van der Waals surface area contributed by atoms with Crippen molar-refractivity contribution in [2.45, 2.75) is 59.2 Å². The molecule has 2 rings (SSSR count). The first-order valence-electron chi connectivity index (χ1n) is 10.1. The van der Waals surface area contributed by atoms with E-state index in [4.69, 9.17) is 9.47 Å². The maximum absolute atomic E-state index is 12.1. The van der Waals surface area contributed by atoms with E-state index in [2.05, 4.69) is 37.2 Å². The molecule has 0 unspecified atom stereocenters. The fourth-order valence-corrected chi connectivity index (χ4v) is 2.32. The molecule has 0 aliphatic heterocycles. The summed E-state index contributed by atoms with van der Waals surface area (Å²) in [5, 5.41) is 6.34. The third-order valence-corrected chi connectivity index (χ3v) is 4.14. The minimum atomic E-state index is -0.998. The van der Waals surface area contributed by atoms with E-state index < -0.39 is 18.0 Å². The molecule has 0 aliphatic carbocycles. The lowest BCUT2D eigenvalue weighted by Crippen LogP contribution is -2.25. The highest BCUT2D eigenvalue weighted by atomic mass is 16.6. The number of rotatable bonds is 10. The molecule has 0 radical (unpaired) electrons. The van der Waals surface area contributed by atoms with Gasteiger partial charge < -0.3 is 24.8 Å². The normalized spacial score (nSPS) is 12.6. The molecule has 0 spiro atoms. The highest BCUT2D eigenvalue weighted by Gasteiger charge is 2.19. The number of nitrogens with zero attached hydrogens (tertiary/aromatic N) is 3. The molecule has 2 N–H and O–H groups in total. The lowest BCUT2D eigenvalue weighted by molar-refractivity contribution is -0.149. The number of methoxy groups -OCH3 is 1. The number of anilines is 2. The van der Waals surface area contributed by atoms with Crippen LogP contribution in [0.3, 0.4) is 0 Å². The van der Waals surface area contributed by atoms with Crippen LogP contribution >= 0.6 is 0 Å². The van der Waals surface area contributed by atoms with Crippen molar-refractivity contribution in [3.63, 3.8) is 0 Å². The van der Waals surface area contributed by atoms with Gasteiger partial charge in [-0.2, -0.15) is 15.0 Å². The van der Waals surface area contributed by atoms with Gasteiger partial charge in [0.2, 0.25) is 11.9 Å². The summed E-state index contributed by atoms with van der Waals surface area (Å²) in [7, 11) is 1.23. The monoisotopic (exact) mass is 431 g/mol. The van der Waals surface area contributed by atoms with E-state index in [1.165, 1.54) is 26.2 Å². The summed E-state index contributed by atoms with van der Waals surface area (Å²) in [5.41, 5.74) is 0.264. The van der Waals surface area contributed by atoms with Crippen molar-refractivity contribution in [1.82, 2.24) is 15.0 Å². The van der Waals surface area contributed by atoms with E-state index in [0.717, 1.165) is 6.42 Å². The van der Waals surface area contributed by atoms with Crippen LogP contribution in [-0.4, -0.2) is 52.2 Å². The second-order valence-corrected chi connectivity index (χ2v) is 7.22. The molecule has 168 valence electrons. The third kappa shape index (κ3) is 7.40. The molecule has 1 aromatic heterocycles. The molecule has 1 aromatic carbocycles. The Morgan fingerprint density at radius 1 is 0.968 bits per heavy atom. The standard InChI is InChI=1S/C21H29N5O5/c1-7-13(4)23-20-24-19(22-12(2)3)25-21(26-20)31-16-10-8-15(9-11-16)18(28)30-14(5)17(27)29-6/h8-14H,7H2,1-6H3,(H2,22,23,24,25,26)/t13-,14-/m1/s1. The molecule has 10 heteroatoms. The van der Waals surface area contributed by atoms with E-state index in [1.54, 1.807) is 12.1 Å². The smallest absolute Gasteiger partial charge is 0.346 e. The summed E-state index contributed by atoms with van der Waals surface area (Å²) in [4.78, 5) is 36.5. The minimum absolute atomic E-state index is 0.110. The molecular formula is C21H29N5O5. The van der Waals surface area contributed by atoms with Crippen LogP contribution in [0.4, 0.5) is 11.9 Å². The molecule has 0 aliphatic rings. The number of aromatic nitrogens is 3. The summed E-state index contributed by atoms with van der Waals surface area (Å²) in [6.07, 6.45) is -0.0944. The topological polar surface area (TPSA) is 125 Å². The van der Waals surface area contributed by atoms with Crippen molar-refractivity contribution in [3.8, 4) is 11.8 Å². The number of hydrogen-bond acceptors (Lipinski definition) is 10. The van der Waals surface area contributed by atoms with Gasteiger partial charge in [-0.3, -0.25) is 0 Å². The second kappa shape index (κ2) is 11.1. The molecule has 0 bridgehead atoms. The first-order chi connectivity index (χ1) is 14.7. The fourth-order valence-electron chi connectivity index (χ4n) is 2.32. The highest BCUT2D eigenvalue weighted by molar-refractivity contribution is 5.91. The summed E-state index contributed by atoms with van der Waals surface area (Å²) in [6, 6.07) is 6.63. The quantitative estimate of drug-likeness (QED) is 0.541. The minimum Gasteiger partial charge on any atom is -0.466 e. The van der Waals surface area contributed by atoms with E-state index in [0.29, 0.717) is 17.6 Å². The van der Waals surface area contributed by atoms with Gasteiger partial charge in [-0.15, -0.1) is 0 Å². The number of hydrogen-bond donors (Lipinski definition) is 2. The van der Waals surface area contributed by atoms with Gasteiger partial charge in [0.1, 0.15) is 5.75 Å². The van der Waals surface area contributed by atoms with Gasteiger partial charge >= 0.3 is 17.9 Å². The Bertz CT molecular complexity index is 888. The molecule has 1 heterocycles. The van der Waals surface area contributed by atoms with Crippen LogP contribution in [0, 0.1) is 0 Å². The number of carbonyl (C=O) groups is 2. The maximum Gasteiger partial charge on any atom is 0.346 e. The predicted octanol–water partition coefficient (Wildman–Crippen LogP) is 3.41. The number of esters is 2. The Morgan fingerprint density at radius 3 is 2.13 bits per heavy atom. The molecule has 0 amide bonds. The van der Waals surface area contributed by atoms with Crippen molar-refractivity contribution in [2.24, 2.45) is 0 Å². The van der Waals surface area contributed by atoms with E-state index in [9.17, 15) is 9.59 Å². The van der Waals surface area contributed by atoms with Gasteiger partial charge in [-0.1, -0.05) is 6.92 Å². The van der Waals surface area contributed by atoms with Crippen LogP contribution in [-0.2, 0) is 14.3 Å². The van der Waals surface area contributed by atoms with Gasteiger partial charge in [0, 0.05) is 12.1 Å². The van der Waals surface area contributed by atoms with Gasteiger partial charge in [-0.25, -0.2) is 9.59 Å². The third-order valence-electron chi connectivity index (χ3n) is 4.14. The molecule has 0 saturated heterocycles.